The van der Waals surface area contributed by atoms with Gasteiger partial charge in [-0.2, -0.15) is 4.39 Å². The third kappa shape index (κ3) is 5.37. The molecule has 10 heteroatoms. The third-order valence-corrected chi connectivity index (χ3v) is 6.44. The number of halogens is 3. The van der Waals surface area contributed by atoms with E-state index < -0.39 is 46.4 Å². The topological polar surface area (TPSA) is 80.6 Å². The van der Waals surface area contributed by atoms with Crippen LogP contribution in [0, 0.1) is 17.5 Å². The summed E-state index contributed by atoms with van der Waals surface area (Å²) in [4.78, 5) is 39.2. The van der Waals surface area contributed by atoms with E-state index in [0.717, 1.165) is 5.56 Å². The second-order valence-corrected chi connectivity index (χ2v) is 8.77. The molecular formula is C27H26F3N3O4. The highest BCUT2D eigenvalue weighted by molar-refractivity contribution is 6.42. The molecule has 2 heterocycles. The average molecular weight is 514 g/mol. The molecule has 1 saturated heterocycles. The van der Waals surface area contributed by atoms with Crippen molar-refractivity contribution in [3.8, 4) is 5.75 Å². The van der Waals surface area contributed by atoms with Crippen molar-refractivity contribution in [1.82, 2.24) is 9.47 Å². The first-order valence-corrected chi connectivity index (χ1v) is 11.9. The number of aromatic nitrogens is 1. The number of amides is 2. The van der Waals surface area contributed by atoms with Crippen LogP contribution in [-0.2, 0) is 11.8 Å². The molecule has 1 fully saturated rings. The molecule has 0 radical (unpaired) electrons. The van der Waals surface area contributed by atoms with Gasteiger partial charge in [0, 0.05) is 32.0 Å². The van der Waals surface area contributed by atoms with E-state index in [1.54, 1.807) is 59.1 Å². The fraction of sp³-hybridized carbons (Fsp3) is 0.296. The van der Waals surface area contributed by atoms with Crippen molar-refractivity contribution in [2.45, 2.75) is 25.7 Å². The Balaban J connectivity index is 1.37. The van der Waals surface area contributed by atoms with E-state index in [2.05, 4.69) is 5.32 Å². The Kier molecular flexibility index (Phi) is 7.66. The highest BCUT2D eigenvalue weighted by atomic mass is 19.2. The lowest BCUT2D eigenvalue weighted by Gasteiger charge is -2.32. The number of likely N-dealkylation sites (tertiary alicyclic amines) is 1. The highest BCUT2D eigenvalue weighted by Gasteiger charge is 2.29. The van der Waals surface area contributed by atoms with Crippen LogP contribution < -0.4 is 10.1 Å². The van der Waals surface area contributed by atoms with Gasteiger partial charge in [0.1, 0.15) is 0 Å². The van der Waals surface area contributed by atoms with E-state index in [-0.39, 0.29) is 12.5 Å². The van der Waals surface area contributed by atoms with Gasteiger partial charge in [-0.3, -0.25) is 14.4 Å². The Morgan fingerprint density at radius 3 is 2.30 bits per heavy atom. The van der Waals surface area contributed by atoms with Crippen molar-refractivity contribution in [3.63, 3.8) is 0 Å². The number of aryl methyl sites for hydroxylation is 1. The Morgan fingerprint density at radius 2 is 1.70 bits per heavy atom. The molecule has 0 atom stereocenters. The number of nitrogens with zero attached hydrogens (tertiary/aromatic N) is 2. The summed E-state index contributed by atoms with van der Waals surface area (Å²) in [5, 5.41) is 2.48. The SMILES string of the molecule is CCOc1c(F)c(F)cc(C(=O)Nc2ccc(C3CCN(C(=O)C(=O)c4cccn4C)CC3)cc2)c1F. The van der Waals surface area contributed by atoms with Crippen molar-refractivity contribution in [2.24, 2.45) is 7.05 Å². The quantitative estimate of drug-likeness (QED) is 0.283. The zero-order valence-electron chi connectivity index (χ0n) is 20.4. The van der Waals surface area contributed by atoms with E-state index in [0.29, 0.717) is 43.4 Å². The molecule has 0 aliphatic carbocycles. The maximum Gasteiger partial charge on any atom is 0.296 e. The molecule has 194 valence electrons. The van der Waals surface area contributed by atoms with Crippen molar-refractivity contribution in [1.29, 1.82) is 0 Å². The van der Waals surface area contributed by atoms with Gasteiger partial charge in [0.15, 0.2) is 17.4 Å². The van der Waals surface area contributed by atoms with E-state index in [1.807, 2.05) is 0 Å². The lowest BCUT2D eigenvalue weighted by molar-refractivity contribution is -0.127. The number of hydrogen-bond donors (Lipinski definition) is 1. The number of ether oxygens (including phenoxy) is 1. The normalized spacial score (nSPS) is 13.9. The summed E-state index contributed by atoms with van der Waals surface area (Å²) >= 11 is 0. The molecule has 3 aromatic rings. The lowest BCUT2D eigenvalue weighted by atomic mass is 9.89. The van der Waals surface area contributed by atoms with E-state index in [1.165, 1.54) is 6.92 Å². The molecule has 0 unspecified atom stereocenters. The predicted octanol–water partition coefficient (Wildman–Crippen LogP) is 4.68. The average Bonchev–Trinajstić information content (AvgIpc) is 3.34. The number of carbonyl (C=O) groups is 3. The maximum atomic E-state index is 14.6. The minimum absolute atomic E-state index is 0.101. The molecule has 2 amide bonds. The summed E-state index contributed by atoms with van der Waals surface area (Å²) in [6.07, 6.45) is 3.04. The number of anilines is 1. The van der Waals surface area contributed by atoms with Crippen LogP contribution in [0.2, 0.25) is 0 Å². The summed E-state index contributed by atoms with van der Waals surface area (Å²) in [5.41, 5.74) is 1.00. The molecule has 1 N–H and O–H groups in total. The molecule has 1 aliphatic heterocycles. The Morgan fingerprint density at radius 1 is 1.03 bits per heavy atom. The van der Waals surface area contributed by atoms with Gasteiger partial charge in [0.25, 0.3) is 17.6 Å². The van der Waals surface area contributed by atoms with Crippen molar-refractivity contribution >= 4 is 23.3 Å². The van der Waals surface area contributed by atoms with Gasteiger partial charge in [-0.25, -0.2) is 8.78 Å². The van der Waals surface area contributed by atoms with E-state index in [9.17, 15) is 27.6 Å². The highest BCUT2D eigenvalue weighted by Crippen LogP contribution is 2.30. The molecule has 1 aliphatic rings. The largest absolute Gasteiger partial charge is 0.488 e. The lowest BCUT2D eigenvalue weighted by Crippen LogP contribution is -2.42. The minimum Gasteiger partial charge on any atom is -0.488 e. The first-order valence-electron chi connectivity index (χ1n) is 11.9. The first kappa shape index (κ1) is 26.0. The zero-order chi connectivity index (χ0) is 26.7. The zero-order valence-corrected chi connectivity index (χ0v) is 20.4. The van der Waals surface area contributed by atoms with E-state index in [4.69, 9.17) is 4.74 Å². The number of hydrogen-bond acceptors (Lipinski definition) is 4. The fourth-order valence-corrected chi connectivity index (χ4v) is 4.42. The smallest absolute Gasteiger partial charge is 0.296 e. The summed E-state index contributed by atoms with van der Waals surface area (Å²) in [6, 6.07) is 10.7. The molecular weight excluding hydrogens is 487 g/mol. The Hall–Kier alpha value is -4.08. The second kappa shape index (κ2) is 10.9. The molecule has 7 nitrogen and oxygen atoms in total. The van der Waals surface area contributed by atoms with Gasteiger partial charge in [0.2, 0.25) is 5.82 Å². The van der Waals surface area contributed by atoms with Gasteiger partial charge in [-0.05, 0) is 61.6 Å². The number of piperidine rings is 1. The summed E-state index contributed by atoms with van der Waals surface area (Å²) in [6.45, 7) is 2.26. The van der Waals surface area contributed by atoms with Crippen molar-refractivity contribution < 1.29 is 32.3 Å². The number of carbonyl (C=O) groups excluding carboxylic acids is 3. The molecule has 1 aromatic heterocycles. The van der Waals surface area contributed by atoms with Crippen LogP contribution in [0.5, 0.6) is 5.75 Å². The van der Waals surface area contributed by atoms with Crippen LogP contribution in [0.4, 0.5) is 18.9 Å². The second-order valence-electron chi connectivity index (χ2n) is 8.77. The van der Waals surface area contributed by atoms with Gasteiger partial charge in [0.05, 0.1) is 17.9 Å². The number of benzene rings is 2. The Labute approximate surface area is 211 Å². The van der Waals surface area contributed by atoms with Crippen LogP contribution in [0.25, 0.3) is 0 Å². The van der Waals surface area contributed by atoms with Crippen LogP contribution in [0.15, 0.2) is 48.7 Å². The van der Waals surface area contributed by atoms with Gasteiger partial charge in [-0.1, -0.05) is 12.1 Å². The molecule has 0 bridgehead atoms. The monoisotopic (exact) mass is 513 g/mol. The number of nitrogens with one attached hydrogen (secondary N) is 1. The number of Topliss-reactive ketones (excluding diaryl/α,β-unsaturated/α-hetero) is 1. The molecule has 37 heavy (non-hydrogen) atoms. The molecule has 0 spiro atoms. The third-order valence-electron chi connectivity index (χ3n) is 6.44. The minimum atomic E-state index is -1.49. The molecule has 2 aromatic carbocycles. The van der Waals surface area contributed by atoms with Gasteiger partial charge >= 0.3 is 0 Å². The maximum absolute atomic E-state index is 14.6. The fourth-order valence-electron chi connectivity index (χ4n) is 4.42. The van der Waals surface area contributed by atoms with Gasteiger partial charge < -0.3 is 19.5 Å². The number of rotatable bonds is 7. The standard InChI is InChI=1S/C27H26F3N3O4/c1-3-37-25-22(29)19(15-20(28)23(25)30)26(35)31-18-8-6-16(7-9-18)17-10-13-33(14-11-17)27(36)24(34)21-5-4-12-32(21)2/h4-9,12,15,17H,3,10-11,13-14H2,1-2H3,(H,31,35). The molecule has 0 saturated carbocycles. The Bertz CT molecular complexity index is 1330. The van der Waals surface area contributed by atoms with Gasteiger partial charge in [-0.15, -0.1) is 0 Å². The summed E-state index contributed by atoms with van der Waals surface area (Å²) < 4.78 is 48.7. The predicted molar refractivity (Wildman–Crippen MR) is 130 cm³/mol. The summed E-state index contributed by atoms with van der Waals surface area (Å²) in [5.74, 6) is -6.93. The van der Waals surface area contributed by atoms with E-state index >= 15 is 0 Å². The van der Waals surface area contributed by atoms with Crippen molar-refractivity contribution in [2.75, 3.05) is 25.0 Å². The number of ketones is 1. The van der Waals surface area contributed by atoms with Crippen LogP contribution in [0.1, 0.15) is 52.1 Å². The van der Waals surface area contributed by atoms with Crippen LogP contribution in [-0.4, -0.2) is 46.8 Å². The van der Waals surface area contributed by atoms with Crippen LogP contribution in [0.3, 0.4) is 0 Å². The first-order chi connectivity index (χ1) is 17.7. The van der Waals surface area contributed by atoms with Crippen LogP contribution >= 0.6 is 0 Å². The summed E-state index contributed by atoms with van der Waals surface area (Å²) in [7, 11) is 1.71. The van der Waals surface area contributed by atoms with Crippen molar-refractivity contribution in [3.05, 3.63) is 82.9 Å². The molecule has 4 rings (SSSR count).